The molecule has 0 aliphatic carbocycles. The normalized spacial score (nSPS) is 10.5. The molecule has 0 unspecified atom stereocenters. The molecule has 2 N–H and O–H groups in total. The van der Waals surface area contributed by atoms with Crippen molar-refractivity contribution in [3.05, 3.63) is 12.7 Å². The van der Waals surface area contributed by atoms with Gasteiger partial charge < -0.3 is 20.2 Å². The average Bonchev–Trinajstić information content (AvgIpc) is 2.62. The van der Waals surface area contributed by atoms with Crippen LogP contribution < -0.4 is 5.32 Å². The summed E-state index contributed by atoms with van der Waals surface area (Å²) < 4.78 is 0. The van der Waals surface area contributed by atoms with Crippen molar-refractivity contribution >= 4 is 23.6 Å². The lowest BCUT2D eigenvalue weighted by atomic mass is 10.2. The molecule has 6 nitrogen and oxygen atoms in total. The highest BCUT2D eigenvalue weighted by Crippen LogP contribution is 2.06. The monoisotopic (exact) mass is 373 g/mol. The number of likely N-dealkylation sites (N-methyl/N-ethyl adjacent to an activating group) is 1. The van der Waals surface area contributed by atoms with E-state index in [1.807, 2.05) is 11.9 Å². The first-order chi connectivity index (χ1) is 12.1. The molecule has 146 valence electrons. The number of nitrogens with zero attached hydrogens (tertiary/aromatic N) is 2. The molecule has 7 heteroatoms. The number of aliphatic hydroxyl groups excluding tert-OH is 1. The minimum Gasteiger partial charge on any atom is -0.395 e. The number of thioether (sulfide) groups is 1. The van der Waals surface area contributed by atoms with Gasteiger partial charge in [-0.25, -0.2) is 0 Å². The summed E-state index contributed by atoms with van der Waals surface area (Å²) in [5, 5.41) is 12.3. The summed E-state index contributed by atoms with van der Waals surface area (Å²) in [5.41, 5.74) is 0. The summed E-state index contributed by atoms with van der Waals surface area (Å²) in [4.78, 5) is 28.1. The Labute approximate surface area is 157 Å². The SMILES string of the molecule is C=CCCC(=O)N(CCO)CCN(CCNC)C(=O)CCCCSC. The van der Waals surface area contributed by atoms with Crippen LogP contribution in [0, 0.1) is 0 Å². The zero-order valence-corrected chi connectivity index (χ0v) is 16.7. The Balaban J connectivity index is 4.55. The van der Waals surface area contributed by atoms with Crippen molar-refractivity contribution in [2.24, 2.45) is 0 Å². The van der Waals surface area contributed by atoms with Crippen molar-refractivity contribution in [2.75, 3.05) is 58.4 Å². The lowest BCUT2D eigenvalue weighted by molar-refractivity contribution is -0.135. The first-order valence-corrected chi connectivity index (χ1v) is 10.4. The molecule has 0 aromatic rings. The third-order valence-electron chi connectivity index (χ3n) is 3.90. The van der Waals surface area contributed by atoms with E-state index >= 15 is 0 Å². The van der Waals surface area contributed by atoms with Gasteiger partial charge in [0.25, 0.3) is 0 Å². The Morgan fingerprint density at radius 2 is 1.72 bits per heavy atom. The van der Waals surface area contributed by atoms with E-state index in [-0.39, 0.29) is 18.4 Å². The van der Waals surface area contributed by atoms with Crippen LogP contribution in [0.3, 0.4) is 0 Å². The van der Waals surface area contributed by atoms with Crippen LogP contribution in [0.2, 0.25) is 0 Å². The molecule has 0 spiro atoms. The number of carbonyl (C=O) groups excluding carboxylic acids is 2. The first-order valence-electron chi connectivity index (χ1n) is 9.01. The molecule has 0 heterocycles. The van der Waals surface area contributed by atoms with Crippen molar-refractivity contribution in [3.63, 3.8) is 0 Å². The molecule has 25 heavy (non-hydrogen) atoms. The number of carbonyl (C=O) groups is 2. The van der Waals surface area contributed by atoms with Gasteiger partial charge in [0.15, 0.2) is 0 Å². The van der Waals surface area contributed by atoms with Crippen LogP contribution in [-0.4, -0.2) is 85.1 Å². The maximum Gasteiger partial charge on any atom is 0.223 e. The standard InChI is InChI=1S/C18H35N3O3S/c1-4-5-8-17(23)21(14-15-22)13-12-20(11-10-19-2)18(24)9-6-7-16-25-3/h4,19,22H,1,5-16H2,2-3H3. The molecule has 0 saturated carbocycles. The van der Waals surface area contributed by atoms with E-state index in [1.165, 1.54) is 0 Å². The van der Waals surface area contributed by atoms with Crippen molar-refractivity contribution < 1.29 is 14.7 Å². The van der Waals surface area contributed by atoms with Crippen LogP contribution >= 0.6 is 11.8 Å². The Morgan fingerprint density at radius 3 is 2.28 bits per heavy atom. The van der Waals surface area contributed by atoms with Crippen molar-refractivity contribution in [1.29, 1.82) is 0 Å². The van der Waals surface area contributed by atoms with Gasteiger partial charge in [0.05, 0.1) is 6.61 Å². The maximum atomic E-state index is 12.4. The third kappa shape index (κ3) is 12.0. The molecule has 0 aliphatic rings. The van der Waals surface area contributed by atoms with Gasteiger partial charge in [-0.3, -0.25) is 9.59 Å². The molecule has 0 saturated heterocycles. The van der Waals surface area contributed by atoms with Crippen molar-refractivity contribution in [2.45, 2.75) is 32.1 Å². The number of amides is 2. The molecule has 0 rings (SSSR count). The number of aliphatic hydroxyl groups is 1. The predicted molar refractivity (Wildman–Crippen MR) is 106 cm³/mol. The average molecular weight is 374 g/mol. The second-order valence-corrected chi connectivity index (χ2v) is 6.85. The van der Waals surface area contributed by atoms with Gasteiger partial charge in [0.1, 0.15) is 0 Å². The molecule has 2 amide bonds. The van der Waals surface area contributed by atoms with E-state index in [1.54, 1.807) is 22.7 Å². The fraction of sp³-hybridized carbons (Fsp3) is 0.778. The van der Waals surface area contributed by atoms with Crippen LogP contribution in [0.1, 0.15) is 32.1 Å². The summed E-state index contributed by atoms with van der Waals surface area (Å²) in [5.74, 6) is 1.21. The van der Waals surface area contributed by atoms with Gasteiger partial charge in [-0.15, -0.1) is 6.58 Å². The van der Waals surface area contributed by atoms with Gasteiger partial charge in [-0.1, -0.05) is 6.08 Å². The molecular weight excluding hydrogens is 338 g/mol. The minimum atomic E-state index is -0.0705. The minimum absolute atomic E-state index is 0.00469. The quantitative estimate of drug-likeness (QED) is 0.316. The largest absolute Gasteiger partial charge is 0.395 e. The van der Waals surface area contributed by atoms with E-state index in [0.717, 1.165) is 25.1 Å². The molecule has 0 aromatic carbocycles. The van der Waals surface area contributed by atoms with Crippen LogP contribution in [-0.2, 0) is 9.59 Å². The smallest absolute Gasteiger partial charge is 0.223 e. The second kappa shape index (κ2) is 16.4. The summed E-state index contributed by atoms with van der Waals surface area (Å²) in [6.45, 7) is 6.17. The highest BCUT2D eigenvalue weighted by molar-refractivity contribution is 7.98. The highest BCUT2D eigenvalue weighted by Gasteiger charge is 2.17. The maximum absolute atomic E-state index is 12.4. The Kier molecular flexibility index (Phi) is 15.7. The lowest BCUT2D eigenvalue weighted by Crippen LogP contribution is -2.44. The number of hydrogen-bond donors (Lipinski definition) is 2. The number of unbranched alkanes of at least 4 members (excludes halogenated alkanes) is 1. The molecule has 0 aromatic heterocycles. The van der Waals surface area contributed by atoms with Crippen LogP contribution in [0.25, 0.3) is 0 Å². The van der Waals surface area contributed by atoms with Crippen molar-refractivity contribution in [1.82, 2.24) is 15.1 Å². The van der Waals surface area contributed by atoms with Gasteiger partial charge in [0, 0.05) is 45.6 Å². The predicted octanol–water partition coefficient (Wildman–Crippen LogP) is 1.35. The van der Waals surface area contributed by atoms with Gasteiger partial charge >= 0.3 is 0 Å². The Bertz CT molecular complexity index is 381. The first kappa shape index (κ1) is 23.9. The number of rotatable bonds is 16. The molecule has 0 fully saturated rings. The van der Waals surface area contributed by atoms with Crippen molar-refractivity contribution in [3.8, 4) is 0 Å². The summed E-state index contributed by atoms with van der Waals surface area (Å²) in [7, 11) is 1.86. The fourth-order valence-electron chi connectivity index (χ4n) is 2.40. The topological polar surface area (TPSA) is 72.9 Å². The molecule has 0 aliphatic heterocycles. The van der Waals surface area contributed by atoms with Crippen LogP contribution in [0.15, 0.2) is 12.7 Å². The zero-order valence-electron chi connectivity index (χ0n) is 15.8. The molecule has 0 bridgehead atoms. The summed E-state index contributed by atoms with van der Waals surface area (Å²) in [6.07, 6.45) is 7.29. The van der Waals surface area contributed by atoms with Crippen LogP contribution in [0.4, 0.5) is 0 Å². The van der Waals surface area contributed by atoms with E-state index in [2.05, 4.69) is 18.2 Å². The molecule has 0 atom stereocenters. The Morgan fingerprint density at radius 1 is 1.08 bits per heavy atom. The van der Waals surface area contributed by atoms with Gasteiger partial charge in [-0.05, 0) is 38.3 Å². The number of hydrogen-bond acceptors (Lipinski definition) is 5. The van der Waals surface area contributed by atoms with Gasteiger partial charge in [-0.2, -0.15) is 11.8 Å². The fourth-order valence-corrected chi connectivity index (χ4v) is 2.89. The highest BCUT2D eigenvalue weighted by atomic mass is 32.2. The van der Waals surface area contributed by atoms with E-state index in [0.29, 0.717) is 45.4 Å². The third-order valence-corrected chi connectivity index (χ3v) is 4.60. The molecular formula is C18H35N3O3S. The van der Waals surface area contributed by atoms with Gasteiger partial charge in [0.2, 0.25) is 11.8 Å². The van der Waals surface area contributed by atoms with E-state index in [9.17, 15) is 14.7 Å². The Hall–Kier alpha value is -1.05. The number of allylic oxidation sites excluding steroid dienone is 1. The zero-order chi connectivity index (χ0) is 18.9. The van der Waals surface area contributed by atoms with E-state index < -0.39 is 0 Å². The number of nitrogens with one attached hydrogen (secondary N) is 1. The van der Waals surface area contributed by atoms with E-state index in [4.69, 9.17) is 0 Å². The summed E-state index contributed by atoms with van der Waals surface area (Å²) >= 11 is 1.80. The second-order valence-electron chi connectivity index (χ2n) is 5.87. The van der Waals surface area contributed by atoms with Crippen LogP contribution in [0.5, 0.6) is 0 Å². The molecule has 0 radical (unpaired) electrons. The summed E-state index contributed by atoms with van der Waals surface area (Å²) in [6, 6.07) is 0. The lowest BCUT2D eigenvalue weighted by Gasteiger charge is -2.28.